The number of carboxylic acid groups (broad SMARTS) is 1. The molecule has 1 unspecified atom stereocenters. The number of rotatable bonds is 6. The summed E-state index contributed by atoms with van der Waals surface area (Å²) in [5.41, 5.74) is 1.28. The number of carbonyl (C=O) groups is 1. The quantitative estimate of drug-likeness (QED) is 0.790. The first-order valence-corrected chi connectivity index (χ1v) is 6.36. The van der Waals surface area contributed by atoms with E-state index in [1.807, 2.05) is 0 Å². The SMILES string of the molecule is COc1ccc(C(O)C(=O)O)cc1CCCBr. The second-order valence-corrected chi connectivity index (χ2v) is 4.40. The van der Waals surface area contributed by atoms with Gasteiger partial charge in [0, 0.05) is 5.33 Å². The van der Waals surface area contributed by atoms with Crippen molar-refractivity contribution in [2.24, 2.45) is 0 Å². The molecular formula is C12H15BrO4. The number of hydrogen-bond donors (Lipinski definition) is 2. The molecule has 0 heterocycles. The van der Waals surface area contributed by atoms with E-state index < -0.39 is 12.1 Å². The largest absolute Gasteiger partial charge is 0.496 e. The smallest absolute Gasteiger partial charge is 0.337 e. The van der Waals surface area contributed by atoms with Crippen LogP contribution in [0.25, 0.3) is 0 Å². The van der Waals surface area contributed by atoms with E-state index in [0.717, 1.165) is 23.7 Å². The van der Waals surface area contributed by atoms with Gasteiger partial charge in [-0.3, -0.25) is 0 Å². The Labute approximate surface area is 108 Å². The molecule has 1 rings (SSSR count). The minimum Gasteiger partial charge on any atom is -0.496 e. The number of aliphatic hydroxyl groups excluding tert-OH is 1. The first kappa shape index (κ1) is 14.0. The van der Waals surface area contributed by atoms with E-state index in [2.05, 4.69) is 15.9 Å². The molecule has 1 atom stereocenters. The molecule has 0 amide bonds. The highest BCUT2D eigenvalue weighted by Crippen LogP contribution is 2.25. The van der Waals surface area contributed by atoms with Gasteiger partial charge >= 0.3 is 5.97 Å². The van der Waals surface area contributed by atoms with Gasteiger partial charge in [0.2, 0.25) is 0 Å². The highest BCUT2D eigenvalue weighted by molar-refractivity contribution is 9.09. The Hall–Kier alpha value is -1.07. The van der Waals surface area contributed by atoms with Crippen LogP contribution < -0.4 is 4.74 Å². The normalized spacial score (nSPS) is 12.2. The molecule has 1 aromatic carbocycles. The average molecular weight is 303 g/mol. The molecule has 0 fully saturated rings. The average Bonchev–Trinajstić information content (AvgIpc) is 2.34. The standard InChI is InChI=1S/C12H15BrO4/c1-17-10-5-4-9(11(14)12(15)16)7-8(10)3-2-6-13/h4-5,7,11,14H,2-3,6H2,1H3,(H,15,16). The summed E-state index contributed by atoms with van der Waals surface area (Å²) in [5.74, 6) is -0.533. The minimum atomic E-state index is -1.48. The molecule has 0 aliphatic rings. The molecule has 0 saturated carbocycles. The molecular weight excluding hydrogens is 288 g/mol. The number of aliphatic hydroxyl groups is 1. The van der Waals surface area contributed by atoms with Crippen LogP contribution in [0.5, 0.6) is 5.75 Å². The summed E-state index contributed by atoms with van der Waals surface area (Å²) in [6, 6.07) is 4.93. The van der Waals surface area contributed by atoms with Crippen LogP contribution in [0.1, 0.15) is 23.7 Å². The fraction of sp³-hybridized carbons (Fsp3) is 0.417. The first-order valence-electron chi connectivity index (χ1n) is 5.23. The number of benzene rings is 1. The Morgan fingerprint density at radius 1 is 1.53 bits per heavy atom. The number of methoxy groups -OCH3 is 1. The number of halogens is 1. The van der Waals surface area contributed by atoms with Crippen molar-refractivity contribution in [2.45, 2.75) is 18.9 Å². The van der Waals surface area contributed by atoms with Crippen molar-refractivity contribution in [3.8, 4) is 5.75 Å². The zero-order valence-corrected chi connectivity index (χ0v) is 11.1. The molecule has 4 nitrogen and oxygen atoms in total. The fourth-order valence-corrected chi connectivity index (χ4v) is 1.84. The predicted octanol–water partition coefficient (Wildman–Crippen LogP) is 2.14. The van der Waals surface area contributed by atoms with Crippen molar-refractivity contribution < 1.29 is 19.7 Å². The third kappa shape index (κ3) is 3.71. The van der Waals surface area contributed by atoms with E-state index in [1.54, 1.807) is 25.3 Å². The summed E-state index contributed by atoms with van der Waals surface area (Å²) in [4.78, 5) is 10.7. The Bertz CT molecular complexity index is 392. The van der Waals surface area contributed by atoms with Crippen molar-refractivity contribution >= 4 is 21.9 Å². The van der Waals surface area contributed by atoms with Crippen LogP contribution in [0.2, 0.25) is 0 Å². The highest BCUT2D eigenvalue weighted by Gasteiger charge is 2.17. The lowest BCUT2D eigenvalue weighted by molar-refractivity contribution is -0.146. The maximum atomic E-state index is 10.7. The highest BCUT2D eigenvalue weighted by atomic mass is 79.9. The lowest BCUT2D eigenvalue weighted by Gasteiger charge is -2.12. The second kappa shape index (κ2) is 6.61. The number of aliphatic carboxylic acids is 1. The van der Waals surface area contributed by atoms with Gasteiger partial charge in [-0.05, 0) is 36.1 Å². The maximum absolute atomic E-state index is 10.7. The van der Waals surface area contributed by atoms with Gasteiger partial charge in [-0.25, -0.2) is 4.79 Å². The molecule has 17 heavy (non-hydrogen) atoms. The number of aryl methyl sites for hydroxylation is 1. The van der Waals surface area contributed by atoms with Crippen LogP contribution in [0.15, 0.2) is 18.2 Å². The monoisotopic (exact) mass is 302 g/mol. The Morgan fingerprint density at radius 2 is 2.24 bits per heavy atom. The molecule has 0 saturated heterocycles. The zero-order valence-electron chi connectivity index (χ0n) is 9.52. The van der Waals surface area contributed by atoms with Crippen molar-refractivity contribution in [3.63, 3.8) is 0 Å². The molecule has 0 aliphatic heterocycles. The van der Waals surface area contributed by atoms with E-state index in [4.69, 9.17) is 9.84 Å². The Kier molecular flexibility index (Phi) is 5.44. The summed E-state index contributed by atoms with van der Waals surface area (Å²) >= 11 is 3.34. The van der Waals surface area contributed by atoms with E-state index in [1.165, 1.54) is 0 Å². The predicted molar refractivity (Wildman–Crippen MR) is 67.7 cm³/mol. The summed E-state index contributed by atoms with van der Waals surface area (Å²) in [6.45, 7) is 0. The topological polar surface area (TPSA) is 66.8 Å². The van der Waals surface area contributed by atoms with Crippen LogP contribution in [0, 0.1) is 0 Å². The molecule has 94 valence electrons. The van der Waals surface area contributed by atoms with Gasteiger partial charge in [0.25, 0.3) is 0 Å². The van der Waals surface area contributed by atoms with Gasteiger partial charge < -0.3 is 14.9 Å². The molecule has 0 aromatic heterocycles. The van der Waals surface area contributed by atoms with Crippen molar-refractivity contribution in [1.29, 1.82) is 0 Å². The summed E-state index contributed by atoms with van der Waals surface area (Å²) in [6.07, 6.45) is 0.209. The minimum absolute atomic E-state index is 0.378. The lowest BCUT2D eigenvalue weighted by atomic mass is 10.0. The molecule has 0 spiro atoms. The van der Waals surface area contributed by atoms with E-state index in [9.17, 15) is 9.90 Å². The third-order valence-corrected chi connectivity index (χ3v) is 2.99. The molecule has 0 bridgehead atoms. The summed E-state index contributed by atoms with van der Waals surface area (Å²) in [5, 5.41) is 19.1. The summed E-state index contributed by atoms with van der Waals surface area (Å²) in [7, 11) is 1.57. The summed E-state index contributed by atoms with van der Waals surface area (Å²) < 4.78 is 5.19. The zero-order chi connectivity index (χ0) is 12.8. The molecule has 5 heteroatoms. The van der Waals surface area contributed by atoms with E-state index in [0.29, 0.717) is 11.3 Å². The number of carboxylic acids is 1. The van der Waals surface area contributed by atoms with E-state index in [-0.39, 0.29) is 0 Å². The van der Waals surface area contributed by atoms with Gasteiger partial charge in [0.1, 0.15) is 5.75 Å². The number of ether oxygens (including phenoxy) is 1. The maximum Gasteiger partial charge on any atom is 0.337 e. The van der Waals surface area contributed by atoms with Crippen LogP contribution in [0.3, 0.4) is 0 Å². The van der Waals surface area contributed by atoms with Crippen molar-refractivity contribution in [2.75, 3.05) is 12.4 Å². The van der Waals surface area contributed by atoms with E-state index >= 15 is 0 Å². The molecule has 0 aliphatic carbocycles. The van der Waals surface area contributed by atoms with Crippen LogP contribution >= 0.6 is 15.9 Å². The van der Waals surface area contributed by atoms with Crippen LogP contribution in [-0.2, 0) is 11.2 Å². The van der Waals surface area contributed by atoms with Crippen LogP contribution in [0.4, 0.5) is 0 Å². The Balaban J connectivity index is 2.99. The first-order chi connectivity index (χ1) is 8.10. The third-order valence-electron chi connectivity index (χ3n) is 2.43. The van der Waals surface area contributed by atoms with Crippen molar-refractivity contribution in [3.05, 3.63) is 29.3 Å². The van der Waals surface area contributed by atoms with Gasteiger partial charge in [-0.1, -0.05) is 22.0 Å². The van der Waals surface area contributed by atoms with Gasteiger partial charge in [0.05, 0.1) is 7.11 Å². The van der Waals surface area contributed by atoms with Gasteiger partial charge in [0.15, 0.2) is 6.10 Å². The van der Waals surface area contributed by atoms with Gasteiger partial charge in [-0.2, -0.15) is 0 Å². The van der Waals surface area contributed by atoms with Gasteiger partial charge in [-0.15, -0.1) is 0 Å². The van der Waals surface area contributed by atoms with Crippen LogP contribution in [-0.4, -0.2) is 28.6 Å². The molecule has 0 radical (unpaired) electrons. The van der Waals surface area contributed by atoms with Crippen molar-refractivity contribution in [1.82, 2.24) is 0 Å². The lowest BCUT2D eigenvalue weighted by Crippen LogP contribution is -2.11. The number of hydrogen-bond acceptors (Lipinski definition) is 3. The molecule has 2 N–H and O–H groups in total. The molecule has 1 aromatic rings. The Morgan fingerprint density at radius 3 is 2.76 bits per heavy atom. The second-order valence-electron chi connectivity index (χ2n) is 3.60. The number of alkyl halides is 1. The fourth-order valence-electron chi connectivity index (χ4n) is 1.56.